The van der Waals surface area contributed by atoms with E-state index < -0.39 is 16.6 Å². The molecule has 0 bridgehead atoms. The maximum Gasteiger partial charge on any atom is 0.275 e. The van der Waals surface area contributed by atoms with Crippen LogP contribution in [0.15, 0.2) is 30.3 Å². The van der Waals surface area contributed by atoms with Gasteiger partial charge in [0.1, 0.15) is 0 Å². The number of ether oxygens (including phenoxy) is 1. The molecule has 0 spiro atoms. The molecule has 0 atom stereocenters. The van der Waals surface area contributed by atoms with Gasteiger partial charge in [0, 0.05) is 11.4 Å². The summed E-state index contributed by atoms with van der Waals surface area (Å²) in [5, 5.41) is 10.7. The number of benzene rings is 2. The van der Waals surface area contributed by atoms with Crippen molar-refractivity contribution < 1.29 is 18.4 Å². The zero-order valence-electron chi connectivity index (χ0n) is 10.9. The average molecular weight is 314 g/mol. The zero-order chi connectivity index (χ0) is 15.6. The van der Waals surface area contributed by atoms with Gasteiger partial charge < -0.3 is 4.74 Å². The molecule has 0 aliphatic heterocycles. The van der Waals surface area contributed by atoms with Crippen molar-refractivity contribution in [3.8, 4) is 11.5 Å². The summed E-state index contributed by atoms with van der Waals surface area (Å²) in [4.78, 5) is 10.00. The van der Waals surface area contributed by atoms with Crippen LogP contribution < -0.4 is 4.74 Å². The topological polar surface area (TPSA) is 52.4 Å². The van der Waals surface area contributed by atoms with Crippen molar-refractivity contribution in [3.63, 3.8) is 0 Å². The van der Waals surface area contributed by atoms with E-state index in [1.165, 1.54) is 19.1 Å². The maximum atomic E-state index is 13.8. The Balaban J connectivity index is 2.36. The molecule has 0 heterocycles. The third kappa shape index (κ3) is 3.28. The van der Waals surface area contributed by atoms with E-state index in [1.807, 2.05) is 0 Å². The molecule has 0 fully saturated rings. The quantitative estimate of drug-likeness (QED) is 0.466. The van der Waals surface area contributed by atoms with Gasteiger partial charge in [-0.15, -0.1) is 11.6 Å². The van der Waals surface area contributed by atoms with Crippen molar-refractivity contribution in [3.05, 3.63) is 63.2 Å². The number of halogens is 3. The summed E-state index contributed by atoms with van der Waals surface area (Å²) in [6.45, 7) is 1.44. The van der Waals surface area contributed by atoms with Gasteiger partial charge in [-0.1, -0.05) is 6.07 Å². The van der Waals surface area contributed by atoms with Gasteiger partial charge >= 0.3 is 0 Å². The standard InChI is InChI=1S/C14H10ClF2NO3/c1-8-4-14(11(17)6-12(8)18(19)20)21-13-3-2-9(7-15)5-10(13)16/h2-6H,7H2,1H3. The van der Waals surface area contributed by atoms with Gasteiger partial charge in [0.25, 0.3) is 5.69 Å². The number of nitro benzene ring substituents is 1. The molecule has 0 aliphatic carbocycles. The molecule has 2 aromatic rings. The molecule has 7 heteroatoms. The molecule has 21 heavy (non-hydrogen) atoms. The Labute approximate surface area is 124 Å². The molecular weight excluding hydrogens is 304 g/mol. The first-order chi connectivity index (χ1) is 9.92. The van der Waals surface area contributed by atoms with Crippen molar-refractivity contribution in [1.29, 1.82) is 0 Å². The van der Waals surface area contributed by atoms with Crippen LogP contribution in [-0.4, -0.2) is 4.92 Å². The lowest BCUT2D eigenvalue weighted by Gasteiger charge is -2.09. The summed E-state index contributed by atoms with van der Waals surface area (Å²) in [6.07, 6.45) is 0. The van der Waals surface area contributed by atoms with Gasteiger partial charge in [-0.05, 0) is 30.7 Å². The van der Waals surface area contributed by atoms with Crippen LogP contribution >= 0.6 is 11.6 Å². The van der Waals surface area contributed by atoms with Crippen LogP contribution in [0.3, 0.4) is 0 Å². The van der Waals surface area contributed by atoms with Crippen molar-refractivity contribution in [1.82, 2.24) is 0 Å². The molecule has 4 nitrogen and oxygen atoms in total. The monoisotopic (exact) mass is 313 g/mol. The first-order valence-corrected chi connectivity index (χ1v) is 6.42. The SMILES string of the molecule is Cc1cc(Oc2ccc(CCl)cc2F)c(F)cc1[N+](=O)[O-]. The van der Waals surface area contributed by atoms with Crippen molar-refractivity contribution in [2.75, 3.05) is 0 Å². The Morgan fingerprint density at radius 1 is 1.19 bits per heavy atom. The Morgan fingerprint density at radius 2 is 1.86 bits per heavy atom. The van der Waals surface area contributed by atoms with E-state index in [4.69, 9.17) is 16.3 Å². The lowest BCUT2D eigenvalue weighted by atomic mass is 10.2. The summed E-state index contributed by atoms with van der Waals surface area (Å²) < 4.78 is 32.7. The number of rotatable bonds is 4. The van der Waals surface area contributed by atoms with Crippen LogP contribution in [0.25, 0.3) is 0 Å². The van der Waals surface area contributed by atoms with Gasteiger partial charge in [-0.25, -0.2) is 8.78 Å². The largest absolute Gasteiger partial charge is 0.451 e. The van der Waals surface area contributed by atoms with Gasteiger partial charge in [0.2, 0.25) is 0 Å². The normalized spacial score (nSPS) is 10.5. The molecule has 0 aromatic heterocycles. The molecule has 0 radical (unpaired) electrons. The molecule has 2 rings (SSSR count). The van der Waals surface area contributed by atoms with E-state index in [1.54, 1.807) is 6.07 Å². The van der Waals surface area contributed by atoms with Gasteiger partial charge in [0.15, 0.2) is 23.1 Å². The second-order valence-corrected chi connectivity index (χ2v) is 4.59. The fourth-order valence-electron chi connectivity index (χ4n) is 1.75. The van der Waals surface area contributed by atoms with Gasteiger partial charge in [-0.3, -0.25) is 10.1 Å². The minimum absolute atomic E-state index is 0.141. The van der Waals surface area contributed by atoms with Gasteiger partial charge in [0.05, 0.1) is 11.0 Å². The number of alkyl halides is 1. The average Bonchev–Trinajstić information content (AvgIpc) is 2.44. The molecule has 2 aromatic carbocycles. The second-order valence-electron chi connectivity index (χ2n) is 4.33. The summed E-state index contributed by atoms with van der Waals surface area (Å²) in [5.74, 6) is -1.95. The molecular formula is C14H10ClF2NO3. The van der Waals surface area contributed by atoms with E-state index in [0.717, 1.165) is 12.1 Å². The highest BCUT2D eigenvalue weighted by Gasteiger charge is 2.17. The van der Waals surface area contributed by atoms with Crippen LogP contribution in [0.2, 0.25) is 0 Å². The fraction of sp³-hybridized carbons (Fsp3) is 0.143. The summed E-state index contributed by atoms with van der Waals surface area (Å²) >= 11 is 5.57. The highest BCUT2D eigenvalue weighted by molar-refractivity contribution is 6.17. The smallest absolute Gasteiger partial charge is 0.275 e. The molecule has 0 amide bonds. The fourth-order valence-corrected chi connectivity index (χ4v) is 1.91. The third-order valence-corrected chi connectivity index (χ3v) is 3.13. The van der Waals surface area contributed by atoms with E-state index >= 15 is 0 Å². The van der Waals surface area contributed by atoms with E-state index in [2.05, 4.69) is 0 Å². The highest BCUT2D eigenvalue weighted by atomic mass is 35.5. The number of hydrogen-bond donors (Lipinski definition) is 0. The predicted molar refractivity (Wildman–Crippen MR) is 73.8 cm³/mol. The minimum atomic E-state index is -0.937. The second kappa shape index (κ2) is 6.05. The number of nitro groups is 1. The van der Waals surface area contributed by atoms with E-state index in [0.29, 0.717) is 5.56 Å². The lowest BCUT2D eigenvalue weighted by molar-refractivity contribution is -0.385. The van der Waals surface area contributed by atoms with Crippen LogP contribution in [0.5, 0.6) is 11.5 Å². The summed E-state index contributed by atoms with van der Waals surface area (Å²) in [6, 6.07) is 5.95. The Kier molecular flexibility index (Phi) is 4.37. The number of aryl methyl sites for hydroxylation is 1. The zero-order valence-corrected chi connectivity index (χ0v) is 11.7. The number of nitrogens with zero attached hydrogens (tertiary/aromatic N) is 1. The number of hydrogen-bond acceptors (Lipinski definition) is 3. The summed E-state index contributed by atoms with van der Waals surface area (Å²) in [7, 11) is 0. The van der Waals surface area contributed by atoms with Crippen LogP contribution in [0.4, 0.5) is 14.5 Å². The van der Waals surface area contributed by atoms with Crippen molar-refractivity contribution in [2.24, 2.45) is 0 Å². The Morgan fingerprint density at radius 3 is 2.43 bits per heavy atom. The minimum Gasteiger partial charge on any atom is -0.451 e. The van der Waals surface area contributed by atoms with E-state index in [-0.39, 0.29) is 28.6 Å². The molecule has 0 aliphatic rings. The third-order valence-electron chi connectivity index (χ3n) is 2.82. The first kappa shape index (κ1) is 15.2. The van der Waals surface area contributed by atoms with Crippen LogP contribution in [-0.2, 0) is 5.88 Å². The van der Waals surface area contributed by atoms with Crippen LogP contribution in [0, 0.1) is 28.7 Å². The maximum absolute atomic E-state index is 13.8. The predicted octanol–water partition coefficient (Wildman–Crippen LogP) is 4.71. The molecule has 0 unspecified atom stereocenters. The first-order valence-electron chi connectivity index (χ1n) is 5.89. The highest BCUT2D eigenvalue weighted by Crippen LogP contribution is 2.32. The Bertz CT molecular complexity index is 707. The molecule has 0 saturated carbocycles. The van der Waals surface area contributed by atoms with E-state index in [9.17, 15) is 18.9 Å². The van der Waals surface area contributed by atoms with Crippen molar-refractivity contribution >= 4 is 17.3 Å². The van der Waals surface area contributed by atoms with Gasteiger partial charge in [-0.2, -0.15) is 0 Å². The molecule has 0 N–H and O–H groups in total. The molecule has 0 saturated heterocycles. The summed E-state index contributed by atoms with van der Waals surface area (Å²) in [5.41, 5.74) is 0.411. The Hall–Kier alpha value is -2.21. The lowest BCUT2D eigenvalue weighted by Crippen LogP contribution is -1.97. The molecule has 110 valence electrons. The van der Waals surface area contributed by atoms with Crippen molar-refractivity contribution in [2.45, 2.75) is 12.8 Å². The van der Waals surface area contributed by atoms with Crippen LogP contribution in [0.1, 0.15) is 11.1 Å².